The number of alkyl carbamates (subject to hydrolysis) is 1. The van der Waals surface area contributed by atoms with Crippen molar-refractivity contribution in [1.29, 1.82) is 0 Å². The number of nitrogens with one attached hydrogen (secondary N) is 3. The minimum Gasteiger partial charge on any atom is -0.444 e. The molecular formula is C15H24N4O5. The van der Waals surface area contributed by atoms with Crippen LogP contribution >= 0.6 is 0 Å². The van der Waals surface area contributed by atoms with Gasteiger partial charge in [0.2, 0.25) is 0 Å². The van der Waals surface area contributed by atoms with Crippen molar-refractivity contribution in [2.24, 2.45) is 0 Å². The van der Waals surface area contributed by atoms with E-state index in [1.54, 1.807) is 27.7 Å². The highest BCUT2D eigenvalue weighted by Gasteiger charge is 2.25. The van der Waals surface area contributed by atoms with Gasteiger partial charge in [0.15, 0.2) is 6.23 Å². The molecule has 9 nitrogen and oxygen atoms in total. The average Bonchev–Trinajstić information content (AvgIpc) is 2.47. The van der Waals surface area contributed by atoms with E-state index < -0.39 is 29.2 Å². The number of amides is 1. The Morgan fingerprint density at radius 2 is 2.12 bits per heavy atom. The zero-order chi connectivity index (χ0) is 17.9. The van der Waals surface area contributed by atoms with Crippen LogP contribution in [0.4, 0.5) is 4.79 Å². The molecule has 0 unspecified atom stereocenters. The van der Waals surface area contributed by atoms with Crippen molar-refractivity contribution in [2.45, 2.75) is 45.6 Å². The fraction of sp³-hybridized carbons (Fsp3) is 0.667. The van der Waals surface area contributed by atoms with Crippen molar-refractivity contribution in [3.05, 3.63) is 32.6 Å². The number of nitrogens with zero attached hydrogens (tertiary/aromatic N) is 1. The number of rotatable bonds is 3. The Morgan fingerprint density at radius 3 is 2.79 bits per heavy atom. The Morgan fingerprint density at radius 1 is 1.42 bits per heavy atom. The average molecular weight is 340 g/mol. The molecular weight excluding hydrogens is 316 g/mol. The summed E-state index contributed by atoms with van der Waals surface area (Å²) in [7, 11) is 0. The highest BCUT2D eigenvalue weighted by molar-refractivity contribution is 5.67. The molecule has 1 saturated heterocycles. The van der Waals surface area contributed by atoms with Crippen molar-refractivity contribution in [2.75, 3.05) is 19.6 Å². The summed E-state index contributed by atoms with van der Waals surface area (Å²) in [5.74, 6) is 0. The predicted octanol–water partition coefficient (Wildman–Crippen LogP) is -0.143. The zero-order valence-corrected chi connectivity index (χ0v) is 14.3. The molecule has 2 atom stereocenters. The van der Waals surface area contributed by atoms with Crippen LogP contribution in [0.5, 0.6) is 0 Å². The van der Waals surface area contributed by atoms with Crippen molar-refractivity contribution < 1.29 is 14.3 Å². The maximum atomic E-state index is 11.9. The quantitative estimate of drug-likeness (QED) is 0.705. The number of ether oxygens (including phenoxy) is 2. The van der Waals surface area contributed by atoms with Gasteiger partial charge in [-0.3, -0.25) is 14.3 Å². The van der Waals surface area contributed by atoms with E-state index in [2.05, 4.69) is 15.6 Å². The molecule has 1 aromatic heterocycles. The van der Waals surface area contributed by atoms with Gasteiger partial charge in [0.25, 0.3) is 5.56 Å². The molecule has 134 valence electrons. The van der Waals surface area contributed by atoms with Crippen LogP contribution in [0.25, 0.3) is 0 Å². The van der Waals surface area contributed by atoms with Gasteiger partial charge in [-0.05, 0) is 27.7 Å². The fourth-order valence-electron chi connectivity index (χ4n) is 2.28. The minimum atomic E-state index is -0.570. The molecule has 1 aliphatic heterocycles. The molecule has 0 radical (unpaired) electrons. The molecule has 1 aromatic rings. The molecule has 9 heteroatoms. The van der Waals surface area contributed by atoms with Crippen LogP contribution in [0.1, 0.15) is 32.6 Å². The summed E-state index contributed by atoms with van der Waals surface area (Å²) in [6.07, 6.45) is 0.0601. The number of H-pyrrole nitrogens is 1. The molecule has 3 N–H and O–H groups in total. The Bertz CT molecular complexity index is 703. The summed E-state index contributed by atoms with van der Waals surface area (Å²) in [5, 5.41) is 5.79. The number of morpholine rings is 1. The number of aromatic amines is 1. The van der Waals surface area contributed by atoms with E-state index in [1.807, 2.05) is 0 Å². The molecule has 0 saturated carbocycles. The SMILES string of the molecule is Cc1cn([C@H]2CNC[C@@H](CNC(=O)OC(C)(C)C)O2)c(=O)[nH]c1=O. The number of carbonyl (C=O) groups is 1. The van der Waals surface area contributed by atoms with E-state index in [-0.39, 0.29) is 12.6 Å². The maximum Gasteiger partial charge on any atom is 0.407 e. The van der Waals surface area contributed by atoms with Crippen molar-refractivity contribution >= 4 is 6.09 Å². The third kappa shape index (κ3) is 4.93. The molecule has 0 aromatic carbocycles. The summed E-state index contributed by atoms with van der Waals surface area (Å²) in [4.78, 5) is 37.3. The predicted molar refractivity (Wildman–Crippen MR) is 87.1 cm³/mol. The number of hydrogen-bond acceptors (Lipinski definition) is 6. The van der Waals surface area contributed by atoms with Crippen LogP contribution in [-0.2, 0) is 9.47 Å². The summed E-state index contributed by atoms with van der Waals surface area (Å²) in [6, 6.07) is 0. The van der Waals surface area contributed by atoms with Crippen molar-refractivity contribution in [3.8, 4) is 0 Å². The summed E-state index contributed by atoms with van der Waals surface area (Å²) >= 11 is 0. The lowest BCUT2D eigenvalue weighted by atomic mass is 10.2. The Labute approximate surface area is 139 Å². The Hall–Kier alpha value is -2.13. The molecule has 1 aliphatic rings. The Kier molecular flexibility index (Phi) is 5.45. The van der Waals surface area contributed by atoms with E-state index in [4.69, 9.17) is 9.47 Å². The second-order valence-corrected chi connectivity index (χ2v) is 6.73. The minimum absolute atomic E-state index is 0.246. The van der Waals surface area contributed by atoms with Crippen LogP contribution in [0.15, 0.2) is 15.8 Å². The van der Waals surface area contributed by atoms with Gasteiger partial charge in [0.1, 0.15) is 5.60 Å². The van der Waals surface area contributed by atoms with Gasteiger partial charge in [0, 0.05) is 31.4 Å². The Balaban J connectivity index is 1.97. The van der Waals surface area contributed by atoms with Crippen LogP contribution in [0.3, 0.4) is 0 Å². The summed E-state index contributed by atoms with van der Waals surface area (Å²) < 4.78 is 12.3. The molecule has 0 spiro atoms. The number of hydrogen-bond donors (Lipinski definition) is 3. The van der Waals surface area contributed by atoms with Gasteiger partial charge < -0.3 is 20.1 Å². The molecule has 24 heavy (non-hydrogen) atoms. The fourth-order valence-corrected chi connectivity index (χ4v) is 2.28. The second kappa shape index (κ2) is 7.18. The highest BCUT2D eigenvalue weighted by atomic mass is 16.6. The number of carbonyl (C=O) groups excluding carboxylic acids is 1. The van der Waals surface area contributed by atoms with Gasteiger partial charge in [-0.15, -0.1) is 0 Å². The van der Waals surface area contributed by atoms with Gasteiger partial charge in [-0.1, -0.05) is 0 Å². The second-order valence-electron chi connectivity index (χ2n) is 6.73. The first-order valence-electron chi connectivity index (χ1n) is 7.81. The molecule has 1 amide bonds. The molecule has 1 fully saturated rings. The van der Waals surface area contributed by atoms with E-state index in [9.17, 15) is 14.4 Å². The molecule has 0 aliphatic carbocycles. The standard InChI is InChI=1S/C15H24N4O5/c1-9-8-19(13(21)18-12(9)20)11-7-16-5-10(23-11)6-17-14(22)24-15(2,3)4/h8,10-11,16H,5-7H2,1-4H3,(H,17,22)(H,18,20,21)/t10-,11+/m0/s1. The smallest absolute Gasteiger partial charge is 0.407 e. The monoisotopic (exact) mass is 340 g/mol. The normalized spacial score (nSPS) is 21.3. The van der Waals surface area contributed by atoms with Gasteiger partial charge in [0.05, 0.1) is 6.10 Å². The third-order valence-electron chi connectivity index (χ3n) is 3.37. The lowest BCUT2D eigenvalue weighted by Gasteiger charge is -2.32. The van der Waals surface area contributed by atoms with Crippen molar-refractivity contribution in [1.82, 2.24) is 20.2 Å². The van der Waals surface area contributed by atoms with E-state index >= 15 is 0 Å². The van der Waals surface area contributed by atoms with Crippen LogP contribution in [-0.4, -0.2) is 47.0 Å². The van der Waals surface area contributed by atoms with E-state index in [1.165, 1.54) is 10.8 Å². The first kappa shape index (κ1) is 18.2. The lowest BCUT2D eigenvalue weighted by Crippen LogP contribution is -2.50. The largest absolute Gasteiger partial charge is 0.444 e. The van der Waals surface area contributed by atoms with Gasteiger partial charge in [-0.2, -0.15) is 0 Å². The highest BCUT2D eigenvalue weighted by Crippen LogP contribution is 2.12. The van der Waals surface area contributed by atoms with Crippen LogP contribution in [0.2, 0.25) is 0 Å². The summed E-state index contributed by atoms with van der Waals surface area (Å²) in [5.41, 5.74) is -1.09. The lowest BCUT2D eigenvalue weighted by molar-refractivity contribution is -0.0778. The first-order valence-corrected chi connectivity index (χ1v) is 7.81. The maximum absolute atomic E-state index is 11.9. The molecule has 0 bridgehead atoms. The molecule has 2 rings (SSSR count). The van der Waals surface area contributed by atoms with Crippen molar-refractivity contribution in [3.63, 3.8) is 0 Å². The van der Waals surface area contributed by atoms with Gasteiger partial charge in [-0.25, -0.2) is 9.59 Å². The van der Waals surface area contributed by atoms with E-state index in [0.29, 0.717) is 18.7 Å². The number of aromatic nitrogens is 2. The zero-order valence-electron chi connectivity index (χ0n) is 14.3. The first-order chi connectivity index (χ1) is 11.2. The van der Waals surface area contributed by atoms with E-state index in [0.717, 1.165) is 0 Å². The molecule has 2 heterocycles. The number of aryl methyl sites for hydroxylation is 1. The third-order valence-corrected chi connectivity index (χ3v) is 3.37. The van der Waals surface area contributed by atoms with Crippen LogP contribution in [0, 0.1) is 6.92 Å². The topological polar surface area (TPSA) is 114 Å². The van der Waals surface area contributed by atoms with Crippen LogP contribution < -0.4 is 21.9 Å². The summed E-state index contributed by atoms with van der Waals surface area (Å²) in [6.45, 7) is 8.17. The van der Waals surface area contributed by atoms with Gasteiger partial charge >= 0.3 is 11.8 Å².